The number of rotatable bonds is 4. The molecule has 3 aliphatic rings. The molecule has 174 valence electrons. The summed E-state index contributed by atoms with van der Waals surface area (Å²) in [5.74, 6) is 0.728. The molecule has 1 saturated heterocycles. The van der Waals surface area contributed by atoms with Gasteiger partial charge in [0.05, 0.1) is 6.54 Å². The molecule has 34 heavy (non-hydrogen) atoms. The molecular formula is C25H23N3O5S. The van der Waals surface area contributed by atoms with Gasteiger partial charge in [0.2, 0.25) is 6.79 Å². The summed E-state index contributed by atoms with van der Waals surface area (Å²) in [5.41, 5.74) is 2.76. The van der Waals surface area contributed by atoms with Crippen LogP contribution in [0, 0.1) is 13.8 Å². The lowest BCUT2D eigenvalue weighted by molar-refractivity contribution is -0.131. The summed E-state index contributed by atoms with van der Waals surface area (Å²) in [7, 11) is 0. The lowest BCUT2D eigenvalue weighted by atomic mass is 9.80. The number of ketones is 1. The van der Waals surface area contributed by atoms with Crippen molar-refractivity contribution in [1.82, 2.24) is 14.8 Å². The van der Waals surface area contributed by atoms with Gasteiger partial charge in [-0.2, -0.15) is 0 Å². The van der Waals surface area contributed by atoms with Crippen LogP contribution in [0.3, 0.4) is 0 Å². The second-order valence-electron chi connectivity index (χ2n) is 8.92. The van der Waals surface area contributed by atoms with E-state index in [1.54, 1.807) is 17.4 Å². The predicted molar refractivity (Wildman–Crippen MR) is 125 cm³/mol. The Labute approximate surface area is 200 Å². The van der Waals surface area contributed by atoms with Crippen molar-refractivity contribution < 1.29 is 23.9 Å². The number of carbonyl (C=O) groups excluding carboxylic acids is 3. The first-order valence-electron chi connectivity index (χ1n) is 11.2. The van der Waals surface area contributed by atoms with E-state index in [9.17, 15) is 14.4 Å². The van der Waals surface area contributed by atoms with Gasteiger partial charge >= 0.3 is 6.03 Å². The Balaban J connectivity index is 1.29. The average molecular weight is 478 g/mol. The molecular weight excluding hydrogens is 454 g/mol. The minimum Gasteiger partial charge on any atom is -0.454 e. The fourth-order valence-electron chi connectivity index (χ4n) is 5.38. The van der Waals surface area contributed by atoms with Crippen LogP contribution in [-0.4, -0.2) is 40.5 Å². The van der Waals surface area contributed by atoms with Crippen LogP contribution in [0.1, 0.15) is 45.0 Å². The molecule has 1 aromatic carbocycles. The molecule has 1 N–H and O–H groups in total. The number of hydrogen-bond donors (Lipinski definition) is 1. The normalized spacial score (nSPS) is 20.7. The summed E-state index contributed by atoms with van der Waals surface area (Å²) in [6.07, 6.45) is 2.27. The Morgan fingerprint density at radius 2 is 1.97 bits per heavy atom. The van der Waals surface area contributed by atoms with E-state index in [4.69, 9.17) is 9.47 Å². The summed E-state index contributed by atoms with van der Waals surface area (Å²) >= 11 is 1.60. The van der Waals surface area contributed by atoms with Crippen molar-refractivity contribution in [3.05, 3.63) is 63.1 Å². The van der Waals surface area contributed by atoms with Crippen molar-refractivity contribution >= 4 is 29.1 Å². The minimum atomic E-state index is -1.05. The number of carbonyl (C=O) groups is 3. The lowest BCUT2D eigenvalue weighted by Crippen LogP contribution is -2.46. The molecule has 1 aliphatic carbocycles. The molecule has 3 aromatic rings. The topological polar surface area (TPSA) is 89.9 Å². The van der Waals surface area contributed by atoms with Gasteiger partial charge in [-0.25, -0.2) is 4.79 Å². The largest absolute Gasteiger partial charge is 0.454 e. The van der Waals surface area contributed by atoms with Crippen molar-refractivity contribution in [2.45, 2.75) is 38.6 Å². The number of nitrogens with one attached hydrogen (secondary N) is 1. The number of nitrogens with zero attached hydrogens (tertiary/aromatic N) is 2. The SMILES string of the molecule is Cc1cc(C(=O)CN2C(=O)N[C@@]3(CCCc4sccc43)C2=O)c(C)n1-c1ccc2c(c1)OCO2. The molecule has 6 rings (SSSR count). The highest BCUT2D eigenvalue weighted by Crippen LogP contribution is 2.42. The number of aryl methyl sites for hydroxylation is 2. The van der Waals surface area contributed by atoms with Crippen LogP contribution >= 0.6 is 11.3 Å². The highest BCUT2D eigenvalue weighted by molar-refractivity contribution is 7.10. The maximum Gasteiger partial charge on any atom is 0.325 e. The van der Waals surface area contributed by atoms with Crippen molar-refractivity contribution in [1.29, 1.82) is 0 Å². The third-order valence-corrected chi connectivity index (χ3v) is 7.96. The van der Waals surface area contributed by atoms with Crippen molar-refractivity contribution in [2.24, 2.45) is 0 Å². The van der Waals surface area contributed by atoms with Crippen LogP contribution in [0.2, 0.25) is 0 Å². The third kappa shape index (κ3) is 2.93. The van der Waals surface area contributed by atoms with Gasteiger partial charge in [0.25, 0.3) is 5.91 Å². The van der Waals surface area contributed by atoms with Crippen molar-refractivity contribution in [3.63, 3.8) is 0 Å². The molecule has 1 spiro atoms. The number of fused-ring (bicyclic) bond motifs is 3. The summed E-state index contributed by atoms with van der Waals surface area (Å²) in [5, 5.41) is 4.86. The Hall–Kier alpha value is -3.59. The zero-order valence-corrected chi connectivity index (χ0v) is 19.7. The van der Waals surface area contributed by atoms with Gasteiger partial charge in [-0.15, -0.1) is 11.3 Å². The first-order valence-corrected chi connectivity index (χ1v) is 12.1. The monoisotopic (exact) mass is 477 g/mol. The fourth-order valence-corrected chi connectivity index (χ4v) is 6.38. The van der Waals surface area contributed by atoms with Crippen molar-refractivity contribution in [3.8, 4) is 17.2 Å². The van der Waals surface area contributed by atoms with E-state index >= 15 is 0 Å². The number of amides is 3. The molecule has 0 saturated carbocycles. The smallest absolute Gasteiger partial charge is 0.325 e. The Morgan fingerprint density at radius 3 is 2.82 bits per heavy atom. The number of hydrogen-bond acceptors (Lipinski definition) is 6. The zero-order chi connectivity index (χ0) is 23.6. The van der Waals surface area contributed by atoms with E-state index in [0.717, 1.165) is 45.3 Å². The Kier molecular flexibility index (Phi) is 4.60. The Bertz CT molecular complexity index is 1370. The van der Waals surface area contributed by atoms with Gasteiger partial charge < -0.3 is 19.4 Å². The van der Waals surface area contributed by atoms with E-state index in [-0.39, 0.29) is 25.0 Å². The quantitative estimate of drug-likeness (QED) is 0.455. The molecule has 2 aliphatic heterocycles. The van der Waals surface area contributed by atoms with Gasteiger partial charge in [-0.05, 0) is 62.8 Å². The summed E-state index contributed by atoms with van der Waals surface area (Å²) in [4.78, 5) is 41.9. The number of ether oxygens (including phenoxy) is 2. The van der Waals surface area contributed by atoms with E-state index in [0.29, 0.717) is 23.5 Å². The maximum atomic E-state index is 13.5. The highest BCUT2D eigenvalue weighted by atomic mass is 32.1. The summed E-state index contributed by atoms with van der Waals surface area (Å²) in [6.45, 7) is 3.66. The van der Waals surface area contributed by atoms with Crippen LogP contribution in [0.5, 0.6) is 11.5 Å². The Morgan fingerprint density at radius 1 is 1.15 bits per heavy atom. The third-order valence-electron chi connectivity index (χ3n) is 6.98. The summed E-state index contributed by atoms with van der Waals surface area (Å²) in [6, 6.07) is 8.83. The fraction of sp³-hybridized carbons (Fsp3) is 0.320. The molecule has 8 nitrogen and oxygen atoms in total. The molecule has 0 unspecified atom stereocenters. The molecule has 0 radical (unpaired) electrons. The standard InChI is InChI=1S/C25H23N3O5S/c1-14-10-17(15(2)28(14)16-5-6-20-21(11-16)33-13-32-20)19(29)12-27-23(30)25(26-24(27)31)8-3-4-22-18(25)7-9-34-22/h5-7,9-11H,3-4,8,12-13H2,1-2H3,(H,26,31)/t25-/m1/s1. The molecule has 2 aromatic heterocycles. The lowest BCUT2D eigenvalue weighted by Gasteiger charge is -2.31. The molecule has 4 heterocycles. The van der Waals surface area contributed by atoms with Gasteiger partial charge in [0.15, 0.2) is 17.3 Å². The number of benzene rings is 1. The second-order valence-corrected chi connectivity index (χ2v) is 9.92. The van der Waals surface area contributed by atoms with E-state index < -0.39 is 11.6 Å². The molecule has 1 fully saturated rings. The maximum absolute atomic E-state index is 13.5. The first-order chi connectivity index (χ1) is 16.4. The predicted octanol–water partition coefficient (Wildman–Crippen LogP) is 3.85. The van der Waals surface area contributed by atoms with Crippen LogP contribution in [0.25, 0.3) is 5.69 Å². The van der Waals surface area contributed by atoms with E-state index in [1.165, 1.54) is 0 Å². The number of urea groups is 1. The number of Topliss-reactive ketones (excluding diaryl/α,β-unsaturated/α-hetero) is 1. The highest BCUT2D eigenvalue weighted by Gasteiger charge is 2.54. The number of aromatic nitrogens is 1. The molecule has 3 amide bonds. The number of imide groups is 1. The zero-order valence-electron chi connectivity index (χ0n) is 18.8. The van der Waals surface area contributed by atoms with E-state index in [1.807, 2.05) is 48.1 Å². The molecule has 1 atom stereocenters. The van der Waals surface area contributed by atoms with Gasteiger partial charge in [0.1, 0.15) is 5.54 Å². The molecule has 9 heteroatoms. The number of thiophene rings is 1. The summed E-state index contributed by atoms with van der Waals surface area (Å²) < 4.78 is 12.8. The van der Waals surface area contributed by atoms with E-state index in [2.05, 4.69) is 5.32 Å². The van der Waals surface area contributed by atoms with Gasteiger partial charge in [0, 0.05) is 39.1 Å². The van der Waals surface area contributed by atoms with Crippen LogP contribution in [0.4, 0.5) is 4.79 Å². The molecule has 0 bridgehead atoms. The first kappa shape index (κ1) is 21.0. The van der Waals surface area contributed by atoms with Gasteiger partial charge in [-0.1, -0.05) is 0 Å². The van der Waals surface area contributed by atoms with Crippen molar-refractivity contribution in [2.75, 3.05) is 13.3 Å². The second kappa shape index (κ2) is 7.46. The van der Waals surface area contributed by atoms with Crippen LogP contribution < -0.4 is 14.8 Å². The average Bonchev–Trinajstić information content (AvgIpc) is 3.58. The van der Waals surface area contributed by atoms with Gasteiger partial charge in [-0.3, -0.25) is 14.5 Å². The minimum absolute atomic E-state index is 0.187. The van der Waals surface area contributed by atoms with Crippen LogP contribution in [0.15, 0.2) is 35.7 Å². The van der Waals surface area contributed by atoms with Crippen LogP contribution in [-0.2, 0) is 16.8 Å².